The lowest BCUT2D eigenvalue weighted by Crippen LogP contribution is -2.33. The van der Waals surface area contributed by atoms with E-state index in [-0.39, 0.29) is 25.7 Å². The van der Waals surface area contributed by atoms with E-state index in [4.69, 9.17) is 28.4 Å². The largest absolute Gasteiger partial charge is 0.497 e. The summed E-state index contributed by atoms with van der Waals surface area (Å²) in [6.07, 6.45) is 2.15. The Morgan fingerprint density at radius 3 is 1.83 bits per heavy atom. The molecular formula is C34H42O8. The fourth-order valence-electron chi connectivity index (χ4n) is 4.20. The summed E-state index contributed by atoms with van der Waals surface area (Å²) in [6, 6.07) is 27.3. The number of hydrogen-bond acceptors (Lipinski definition) is 7. The maximum Gasteiger partial charge on any atom is 0.303 e. The lowest BCUT2D eigenvalue weighted by atomic mass is 10.1. The number of methoxy groups -OCH3 is 2. The van der Waals surface area contributed by atoms with Crippen LogP contribution in [0.15, 0.2) is 97.1 Å². The van der Waals surface area contributed by atoms with Crippen LogP contribution < -0.4 is 4.74 Å². The monoisotopic (exact) mass is 578 g/mol. The molecule has 0 heterocycles. The maximum atomic E-state index is 11.5. The average molecular weight is 579 g/mol. The third-order valence-corrected chi connectivity index (χ3v) is 6.60. The van der Waals surface area contributed by atoms with Crippen molar-refractivity contribution in [3.05, 3.63) is 114 Å². The van der Waals surface area contributed by atoms with E-state index in [1.54, 1.807) is 14.2 Å². The number of ether oxygens (including phenoxy) is 6. The zero-order chi connectivity index (χ0) is 30.0. The lowest BCUT2D eigenvalue weighted by molar-refractivity contribution is -0.139. The van der Waals surface area contributed by atoms with Gasteiger partial charge in [0.1, 0.15) is 24.8 Å². The fourth-order valence-corrected chi connectivity index (χ4v) is 4.20. The van der Waals surface area contributed by atoms with Crippen LogP contribution in [0.5, 0.6) is 5.75 Å². The molecule has 0 amide bonds. The Hall–Kier alpha value is -3.53. The van der Waals surface area contributed by atoms with Crippen molar-refractivity contribution in [2.24, 2.45) is 0 Å². The minimum atomic E-state index is -0.893. The number of carboxylic acid groups (broad SMARTS) is 1. The van der Waals surface area contributed by atoms with Crippen LogP contribution in [-0.4, -0.2) is 56.5 Å². The zero-order valence-corrected chi connectivity index (χ0v) is 24.6. The third-order valence-electron chi connectivity index (χ3n) is 6.60. The molecule has 8 nitrogen and oxygen atoms in total. The highest BCUT2D eigenvalue weighted by atomic mass is 16.7. The van der Waals surface area contributed by atoms with Crippen molar-refractivity contribution in [1.29, 1.82) is 0 Å². The van der Waals surface area contributed by atoms with Crippen LogP contribution in [0, 0.1) is 0 Å². The molecule has 0 saturated heterocycles. The van der Waals surface area contributed by atoms with E-state index >= 15 is 0 Å². The highest BCUT2D eigenvalue weighted by Crippen LogP contribution is 2.20. The number of carbonyl (C=O) groups is 1. The smallest absolute Gasteiger partial charge is 0.303 e. The minimum absolute atomic E-state index is 0.0521. The summed E-state index contributed by atoms with van der Waals surface area (Å²) in [7, 11) is 3.20. The summed E-state index contributed by atoms with van der Waals surface area (Å²) < 4.78 is 35.1. The van der Waals surface area contributed by atoms with Crippen molar-refractivity contribution >= 4 is 5.97 Å². The van der Waals surface area contributed by atoms with Crippen LogP contribution >= 0.6 is 0 Å². The molecule has 0 aliphatic carbocycles. The molecule has 0 aliphatic heterocycles. The number of hydrogen-bond donors (Lipinski definition) is 1. The molecule has 0 fully saturated rings. The Balaban J connectivity index is 1.77. The van der Waals surface area contributed by atoms with Crippen LogP contribution in [0.25, 0.3) is 0 Å². The molecule has 0 unspecified atom stereocenters. The van der Waals surface area contributed by atoms with Crippen molar-refractivity contribution < 1.29 is 38.3 Å². The molecule has 0 bridgehead atoms. The predicted molar refractivity (Wildman–Crippen MR) is 160 cm³/mol. The SMILES string of the molecule is COCO[C@@H](/C=C/[C@@H](OCc1ccccc1)[C@H](CCC(=O)O)OCc1ccccc1)[C@@H](C)OCc1ccc(OC)cc1. The van der Waals surface area contributed by atoms with E-state index in [9.17, 15) is 9.90 Å². The van der Waals surface area contributed by atoms with E-state index in [2.05, 4.69) is 0 Å². The summed E-state index contributed by atoms with van der Waals surface area (Å²) in [5, 5.41) is 9.44. The van der Waals surface area contributed by atoms with Gasteiger partial charge in [0.2, 0.25) is 0 Å². The van der Waals surface area contributed by atoms with Gasteiger partial charge >= 0.3 is 5.97 Å². The van der Waals surface area contributed by atoms with Gasteiger partial charge in [-0.2, -0.15) is 0 Å². The summed E-state index contributed by atoms with van der Waals surface area (Å²) in [5.41, 5.74) is 2.99. The van der Waals surface area contributed by atoms with Crippen LogP contribution in [-0.2, 0) is 48.3 Å². The Labute approximate surface area is 248 Å². The van der Waals surface area contributed by atoms with Crippen molar-refractivity contribution in [3.8, 4) is 5.75 Å². The van der Waals surface area contributed by atoms with Gasteiger partial charge in [0.15, 0.2) is 0 Å². The summed E-state index contributed by atoms with van der Waals surface area (Å²) >= 11 is 0. The predicted octanol–water partition coefficient (Wildman–Crippen LogP) is 6.18. The number of carboxylic acids is 1. The number of rotatable bonds is 20. The van der Waals surface area contributed by atoms with E-state index in [1.165, 1.54) is 0 Å². The van der Waals surface area contributed by atoms with Gasteiger partial charge < -0.3 is 33.5 Å². The molecule has 0 aromatic heterocycles. The van der Waals surface area contributed by atoms with Gasteiger partial charge in [-0.05, 0) is 42.2 Å². The normalized spacial score (nSPS) is 14.4. The third kappa shape index (κ3) is 12.1. The summed E-state index contributed by atoms with van der Waals surface area (Å²) in [5.74, 6) is -0.111. The first kappa shape index (κ1) is 33.0. The van der Waals surface area contributed by atoms with Crippen molar-refractivity contribution in [1.82, 2.24) is 0 Å². The van der Waals surface area contributed by atoms with Gasteiger partial charge in [0, 0.05) is 13.5 Å². The first-order valence-electron chi connectivity index (χ1n) is 14.0. The molecule has 3 aromatic rings. The van der Waals surface area contributed by atoms with Crippen LogP contribution in [0.4, 0.5) is 0 Å². The standard InChI is InChI=1S/C34H42O8/c1-26(39-22-29-14-16-30(38-3)17-15-29)31(42-25-37-2)18-19-32(40-23-27-10-6-4-7-11-27)33(20-21-34(35)36)41-24-28-12-8-5-9-13-28/h4-19,26,31-33H,20-25H2,1-3H3,(H,35,36)/b19-18+/t26-,31+,32-,33+/m1/s1. The highest BCUT2D eigenvalue weighted by molar-refractivity contribution is 5.66. The van der Waals surface area contributed by atoms with Crippen LogP contribution in [0.2, 0.25) is 0 Å². The molecule has 0 spiro atoms. The molecule has 3 aromatic carbocycles. The molecule has 1 N–H and O–H groups in total. The van der Waals surface area contributed by atoms with Gasteiger partial charge in [0.25, 0.3) is 0 Å². The first-order chi connectivity index (χ1) is 20.5. The van der Waals surface area contributed by atoms with Gasteiger partial charge in [-0.15, -0.1) is 0 Å². The first-order valence-corrected chi connectivity index (χ1v) is 14.0. The summed E-state index contributed by atoms with van der Waals surface area (Å²) in [6.45, 7) is 3.06. The van der Waals surface area contributed by atoms with Gasteiger partial charge in [-0.3, -0.25) is 4.79 Å². The molecule has 0 saturated carbocycles. The molecule has 3 rings (SSSR count). The molecule has 226 valence electrons. The molecular weight excluding hydrogens is 536 g/mol. The second kappa shape index (κ2) is 18.8. The number of benzene rings is 3. The van der Waals surface area contributed by atoms with Crippen molar-refractivity contribution in [2.75, 3.05) is 21.0 Å². The van der Waals surface area contributed by atoms with Crippen molar-refractivity contribution in [2.45, 2.75) is 64.0 Å². The van der Waals surface area contributed by atoms with Gasteiger partial charge in [-0.1, -0.05) is 84.9 Å². The average Bonchev–Trinajstić information content (AvgIpc) is 3.02. The second-order valence-corrected chi connectivity index (χ2v) is 9.82. The lowest BCUT2D eigenvalue weighted by Gasteiger charge is -2.27. The van der Waals surface area contributed by atoms with Crippen molar-refractivity contribution in [3.63, 3.8) is 0 Å². The summed E-state index contributed by atoms with van der Waals surface area (Å²) in [4.78, 5) is 11.5. The van der Waals surface area contributed by atoms with Gasteiger partial charge in [0.05, 0.1) is 39.1 Å². The Kier molecular flexibility index (Phi) is 14.8. The molecule has 8 heteroatoms. The Morgan fingerprint density at radius 1 is 0.714 bits per heavy atom. The maximum absolute atomic E-state index is 11.5. The van der Waals surface area contributed by atoms with Crippen LogP contribution in [0.3, 0.4) is 0 Å². The van der Waals surface area contributed by atoms with Gasteiger partial charge in [-0.25, -0.2) is 0 Å². The topological polar surface area (TPSA) is 92.7 Å². The fraction of sp³-hybridized carbons (Fsp3) is 0.382. The molecule has 42 heavy (non-hydrogen) atoms. The Morgan fingerprint density at radius 2 is 1.26 bits per heavy atom. The Bertz CT molecular complexity index is 1170. The molecule has 0 radical (unpaired) electrons. The highest BCUT2D eigenvalue weighted by Gasteiger charge is 2.24. The van der Waals surface area contributed by atoms with E-state index < -0.39 is 24.3 Å². The van der Waals surface area contributed by atoms with E-state index in [1.807, 2.05) is 104 Å². The van der Waals surface area contributed by atoms with E-state index in [0.29, 0.717) is 19.8 Å². The second-order valence-electron chi connectivity index (χ2n) is 9.82. The van der Waals surface area contributed by atoms with Crippen LogP contribution in [0.1, 0.15) is 36.5 Å². The minimum Gasteiger partial charge on any atom is -0.497 e. The van der Waals surface area contributed by atoms with E-state index in [0.717, 1.165) is 22.4 Å². The molecule has 0 aliphatic rings. The molecule has 4 atom stereocenters. The number of aliphatic carboxylic acids is 1. The quantitative estimate of drug-likeness (QED) is 0.126. The zero-order valence-electron chi connectivity index (χ0n) is 24.6.